The van der Waals surface area contributed by atoms with Crippen LogP contribution in [0.1, 0.15) is 24.0 Å². The summed E-state index contributed by atoms with van der Waals surface area (Å²) in [6, 6.07) is 17.3. The topological polar surface area (TPSA) is 137 Å². The Hall–Kier alpha value is -2.54. The number of aryl methyl sites for hydroxylation is 2. The van der Waals surface area contributed by atoms with Crippen molar-refractivity contribution in [2.45, 2.75) is 48.6 Å². The summed E-state index contributed by atoms with van der Waals surface area (Å²) in [5.74, 6) is 0. The lowest BCUT2D eigenvalue weighted by Gasteiger charge is -2.26. The fraction of sp³-hybridized carbons (Fsp3) is 0.320. The molecule has 3 aromatic rings. The number of rotatable bonds is 3. The van der Waals surface area contributed by atoms with Gasteiger partial charge in [-0.25, -0.2) is 4.98 Å². The number of aromatic nitrogens is 1. The standard InChI is InChI=1S/C11H14ClN3.2C7H8O3S/c12-11-2-1-10(6-14-11)15-7-8-5-9(15)3-4-13-8;2*1-6-2-4-7(5-3-6)11(8,9)10/h1-2,6,8-9,13H,3-5,7H2;2*2-5H,1H3,(H,8,9,10). The van der Waals surface area contributed by atoms with Crippen LogP contribution in [0.4, 0.5) is 5.69 Å². The first-order valence-electron chi connectivity index (χ1n) is 11.5. The van der Waals surface area contributed by atoms with Gasteiger partial charge < -0.3 is 10.2 Å². The fourth-order valence-electron chi connectivity index (χ4n) is 4.07. The Labute approximate surface area is 223 Å². The third-order valence-corrected chi connectivity index (χ3v) is 7.97. The van der Waals surface area contributed by atoms with Crippen LogP contribution >= 0.6 is 11.6 Å². The van der Waals surface area contributed by atoms with Gasteiger partial charge in [0.05, 0.1) is 21.7 Å². The van der Waals surface area contributed by atoms with Gasteiger partial charge in [0.15, 0.2) is 0 Å². The lowest BCUT2D eigenvalue weighted by molar-refractivity contribution is 0.449. The molecule has 200 valence electrons. The summed E-state index contributed by atoms with van der Waals surface area (Å²) in [6.45, 7) is 5.93. The summed E-state index contributed by atoms with van der Waals surface area (Å²) in [5.41, 5.74) is 3.12. The molecule has 12 heteroatoms. The molecule has 2 bridgehead atoms. The van der Waals surface area contributed by atoms with Crippen LogP contribution in [-0.4, -0.2) is 56.1 Å². The second-order valence-corrected chi connectivity index (χ2v) is 12.1. The Bertz CT molecular complexity index is 1310. The van der Waals surface area contributed by atoms with E-state index in [1.807, 2.05) is 26.1 Å². The average molecular weight is 568 g/mol. The molecular weight excluding hydrogens is 538 g/mol. The normalized spacial score (nSPS) is 18.8. The van der Waals surface area contributed by atoms with Crippen molar-refractivity contribution < 1.29 is 25.9 Å². The third kappa shape index (κ3) is 8.77. The number of nitrogens with one attached hydrogen (secondary N) is 1. The van der Waals surface area contributed by atoms with E-state index in [4.69, 9.17) is 20.7 Å². The SMILES string of the molecule is Cc1ccc(S(=O)(=O)O)cc1.Cc1ccc(S(=O)(=O)O)cc1.Clc1ccc(N2CC3CC2CCN3)cn1. The molecule has 5 rings (SSSR count). The van der Waals surface area contributed by atoms with Crippen LogP contribution in [0.5, 0.6) is 0 Å². The quantitative estimate of drug-likeness (QED) is 0.314. The molecule has 2 saturated heterocycles. The molecule has 0 spiro atoms. The molecule has 9 nitrogen and oxygen atoms in total. The summed E-state index contributed by atoms with van der Waals surface area (Å²) in [6.07, 6.45) is 4.38. The van der Waals surface area contributed by atoms with Gasteiger partial charge in [-0.15, -0.1) is 0 Å². The van der Waals surface area contributed by atoms with Gasteiger partial charge >= 0.3 is 0 Å². The van der Waals surface area contributed by atoms with E-state index in [0.29, 0.717) is 17.2 Å². The number of hydrogen-bond donors (Lipinski definition) is 3. The maximum atomic E-state index is 10.5. The molecule has 37 heavy (non-hydrogen) atoms. The Morgan fingerprint density at radius 2 is 1.38 bits per heavy atom. The van der Waals surface area contributed by atoms with E-state index in [1.165, 1.54) is 42.8 Å². The molecule has 3 N–H and O–H groups in total. The van der Waals surface area contributed by atoms with E-state index < -0.39 is 20.2 Å². The van der Waals surface area contributed by atoms with E-state index in [1.54, 1.807) is 24.3 Å². The van der Waals surface area contributed by atoms with Crippen LogP contribution in [0.15, 0.2) is 76.7 Å². The van der Waals surface area contributed by atoms with Gasteiger partial charge in [-0.05, 0) is 69.6 Å². The van der Waals surface area contributed by atoms with Gasteiger partial charge in [0.2, 0.25) is 0 Å². The van der Waals surface area contributed by atoms with Crippen molar-refractivity contribution in [3.05, 3.63) is 83.1 Å². The highest BCUT2D eigenvalue weighted by molar-refractivity contribution is 7.86. The molecule has 0 saturated carbocycles. The minimum atomic E-state index is -4.02. The van der Waals surface area contributed by atoms with Crippen molar-refractivity contribution in [2.75, 3.05) is 18.0 Å². The van der Waals surface area contributed by atoms with Crippen LogP contribution in [-0.2, 0) is 20.2 Å². The lowest BCUT2D eigenvalue weighted by Crippen LogP contribution is -2.35. The Balaban J connectivity index is 0.000000158. The molecule has 2 unspecified atom stereocenters. The van der Waals surface area contributed by atoms with Gasteiger partial charge in [-0.1, -0.05) is 47.0 Å². The van der Waals surface area contributed by atoms with Gasteiger partial charge in [-0.2, -0.15) is 16.8 Å². The first-order chi connectivity index (χ1) is 17.3. The first-order valence-corrected chi connectivity index (χ1v) is 14.8. The van der Waals surface area contributed by atoms with Crippen molar-refractivity contribution in [1.82, 2.24) is 10.3 Å². The number of piperidine rings is 1. The second-order valence-electron chi connectivity index (χ2n) is 8.90. The van der Waals surface area contributed by atoms with Crippen molar-refractivity contribution >= 4 is 37.5 Å². The minimum Gasteiger partial charge on any atom is -0.366 e. The van der Waals surface area contributed by atoms with Gasteiger partial charge in [0.1, 0.15) is 5.15 Å². The molecule has 2 aromatic carbocycles. The zero-order chi connectivity index (χ0) is 27.2. The molecule has 2 aliphatic rings. The number of hydrogen-bond acceptors (Lipinski definition) is 7. The van der Waals surface area contributed by atoms with Gasteiger partial charge in [0.25, 0.3) is 20.2 Å². The third-order valence-electron chi connectivity index (χ3n) is 6.01. The predicted octanol–water partition coefficient (Wildman–Crippen LogP) is 4.16. The summed E-state index contributed by atoms with van der Waals surface area (Å²) in [5, 5.41) is 4.10. The summed E-state index contributed by atoms with van der Waals surface area (Å²) < 4.78 is 59.1. The van der Waals surface area contributed by atoms with Crippen molar-refractivity contribution in [1.29, 1.82) is 0 Å². The van der Waals surface area contributed by atoms with E-state index in [9.17, 15) is 16.8 Å². The van der Waals surface area contributed by atoms with Crippen molar-refractivity contribution in [3.63, 3.8) is 0 Å². The van der Waals surface area contributed by atoms with E-state index in [0.717, 1.165) is 24.2 Å². The highest BCUT2D eigenvalue weighted by Gasteiger charge is 2.34. The Morgan fingerprint density at radius 3 is 1.78 bits per heavy atom. The zero-order valence-electron chi connectivity index (χ0n) is 20.5. The fourth-order valence-corrected chi connectivity index (χ4v) is 5.14. The second kappa shape index (κ2) is 12.3. The Kier molecular flexibility index (Phi) is 9.68. The number of fused-ring (bicyclic) bond motifs is 2. The molecule has 3 heterocycles. The van der Waals surface area contributed by atoms with E-state index >= 15 is 0 Å². The molecule has 0 radical (unpaired) electrons. The van der Waals surface area contributed by atoms with Gasteiger partial charge in [0, 0.05) is 18.6 Å². The number of benzene rings is 2. The van der Waals surface area contributed by atoms with Crippen LogP contribution in [0, 0.1) is 13.8 Å². The largest absolute Gasteiger partial charge is 0.366 e. The predicted molar refractivity (Wildman–Crippen MR) is 143 cm³/mol. The molecule has 2 atom stereocenters. The van der Waals surface area contributed by atoms with Crippen LogP contribution in [0.3, 0.4) is 0 Å². The van der Waals surface area contributed by atoms with Gasteiger partial charge in [-0.3, -0.25) is 9.11 Å². The molecule has 2 aliphatic heterocycles. The van der Waals surface area contributed by atoms with Crippen LogP contribution < -0.4 is 10.2 Å². The van der Waals surface area contributed by atoms with Crippen LogP contribution in [0.25, 0.3) is 0 Å². The van der Waals surface area contributed by atoms with E-state index in [2.05, 4.69) is 21.3 Å². The van der Waals surface area contributed by atoms with E-state index in [-0.39, 0.29) is 9.79 Å². The van der Waals surface area contributed by atoms with Crippen LogP contribution in [0.2, 0.25) is 5.15 Å². The highest BCUT2D eigenvalue weighted by atomic mass is 35.5. The minimum absolute atomic E-state index is 0.0666. The monoisotopic (exact) mass is 567 g/mol. The van der Waals surface area contributed by atoms with Crippen molar-refractivity contribution in [2.24, 2.45) is 0 Å². The smallest absolute Gasteiger partial charge is 0.294 e. The maximum absolute atomic E-state index is 10.5. The average Bonchev–Trinajstić information content (AvgIpc) is 3.13. The molecular formula is C25H30ClN3O6S2. The number of nitrogens with zero attached hydrogens (tertiary/aromatic N) is 2. The number of pyridine rings is 1. The molecule has 1 aromatic heterocycles. The Morgan fingerprint density at radius 1 is 0.865 bits per heavy atom. The number of halogens is 1. The summed E-state index contributed by atoms with van der Waals surface area (Å²) in [4.78, 5) is 6.46. The lowest BCUT2D eigenvalue weighted by atomic mass is 10.1. The highest BCUT2D eigenvalue weighted by Crippen LogP contribution is 2.29. The summed E-state index contributed by atoms with van der Waals surface area (Å²) in [7, 11) is -8.04. The summed E-state index contributed by atoms with van der Waals surface area (Å²) >= 11 is 5.79. The zero-order valence-corrected chi connectivity index (χ0v) is 22.8. The van der Waals surface area contributed by atoms with Crippen molar-refractivity contribution in [3.8, 4) is 0 Å². The first kappa shape index (κ1) is 29.0. The molecule has 0 aliphatic carbocycles. The molecule has 0 amide bonds. The number of anilines is 1. The molecule has 2 fully saturated rings. The maximum Gasteiger partial charge on any atom is 0.294 e.